The molecule has 0 bridgehead atoms. The number of rotatable bonds is 4. The van der Waals surface area contributed by atoms with E-state index in [1.165, 1.54) is 24.2 Å². The second kappa shape index (κ2) is 7.29. The molecule has 1 heterocycles. The van der Waals surface area contributed by atoms with Crippen molar-refractivity contribution in [3.05, 3.63) is 0 Å². The molecule has 2 N–H and O–H groups in total. The zero-order chi connectivity index (χ0) is 15.5. The first kappa shape index (κ1) is 17.0. The van der Waals surface area contributed by atoms with Crippen LogP contribution in [-0.4, -0.2) is 61.3 Å². The molecule has 0 spiro atoms. The number of nitrogens with two attached hydrogens (primary N) is 1. The molecular formula is C15H28F3N3. The minimum atomic E-state index is -4.08. The summed E-state index contributed by atoms with van der Waals surface area (Å²) in [6.45, 7) is 4.68. The van der Waals surface area contributed by atoms with Crippen LogP contribution >= 0.6 is 0 Å². The monoisotopic (exact) mass is 307 g/mol. The van der Waals surface area contributed by atoms with Gasteiger partial charge in [-0.3, -0.25) is 9.80 Å². The third kappa shape index (κ3) is 4.83. The van der Waals surface area contributed by atoms with E-state index in [2.05, 4.69) is 11.8 Å². The zero-order valence-electron chi connectivity index (χ0n) is 12.9. The number of piperazine rings is 1. The fourth-order valence-corrected chi connectivity index (χ4v) is 3.89. The van der Waals surface area contributed by atoms with Gasteiger partial charge in [0.05, 0.1) is 6.54 Å². The molecule has 0 aromatic carbocycles. The summed E-state index contributed by atoms with van der Waals surface area (Å²) in [5.41, 5.74) is 5.91. The predicted molar refractivity (Wildman–Crippen MR) is 78.0 cm³/mol. The van der Waals surface area contributed by atoms with Gasteiger partial charge in [0.2, 0.25) is 0 Å². The van der Waals surface area contributed by atoms with Crippen LogP contribution in [0.15, 0.2) is 0 Å². The van der Waals surface area contributed by atoms with Gasteiger partial charge in [-0.15, -0.1) is 0 Å². The Labute approximate surface area is 125 Å². The molecule has 2 aliphatic rings. The molecule has 3 unspecified atom stereocenters. The Kier molecular flexibility index (Phi) is 5.91. The lowest BCUT2D eigenvalue weighted by atomic mass is 9.76. The highest BCUT2D eigenvalue weighted by Gasteiger charge is 2.36. The third-order valence-electron chi connectivity index (χ3n) is 5.22. The zero-order valence-corrected chi connectivity index (χ0v) is 12.9. The van der Waals surface area contributed by atoms with Crippen molar-refractivity contribution in [1.29, 1.82) is 0 Å². The predicted octanol–water partition coefficient (Wildman–Crippen LogP) is 2.32. The normalized spacial score (nSPS) is 33.3. The molecule has 2 rings (SSSR count). The van der Waals surface area contributed by atoms with Crippen LogP contribution in [0, 0.1) is 11.8 Å². The highest BCUT2D eigenvalue weighted by molar-refractivity contribution is 4.89. The van der Waals surface area contributed by atoms with Crippen LogP contribution in [0.4, 0.5) is 13.2 Å². The van der Waals surface area contributed by atoms with E-state index in [0.717, 1.165) is 25.4 Å². The van der Waals surface area contributed by atoms with Crippen molar-refractivity contribution in [2.24, 2.45) is 17.6 Å². The summed E-state index contributed by atoms with van der Waals surface area (Å²) in [7, 11) is 0. The number of hydrogen-bond acceptors (Lipinski definition) is 3. The maximum absolute atomic E-state index is 12.4. The maximum Gasteiger partial charge on any atom is 0.401 e. The van der Waals surface area contributed by atoms with E-state index >= 15 is 0 Å². The first-order valence-corrected chi connectivity index (χ1v) is 8.16. The van der Waals surface area contributed by atoms with E-state index in [1.807, 2.05) is 0 Å². The lowest BCUT2D eigenvalue weighted by Gasteiger charge is -2.46. The molecule has 2 fully saturated rings. The average molecular weight is 307 g/mol. The van der Waals surface area contributed by atoms with Gasteiger partial charge in [-0.05, 0) is 31.2 Å². The van der Waals surface area contributed by atoms with Crippen LogP contribution in [0.1, 0.15) is 32.6 Å². The van der Waals surface area contributed by atoms with Crippen LogP contribution < -0.4 is 5.73 Å². The number of halogens is 3. The summed E-state index contributed by atoms with van der Waals surface area (Å²) in [6, 6.07) is 0.474. The molecule has 3 atom stereocenters. The van der Waals surface area contributed by atoms with Crippen molar-refractivity contribution in [3.8, 4) is 0 Å². The molecule has 0 aromatic rings. The number of nitrogens with zero attached hydrogens (tertiary/aromatic N) is 2. The van der Waals surface area contributed by atoms with Gasteiger partial charge in [0.25, 0.3) is 0 Å². The summed E-state index contributed by atoms with van der Waals surface area (Å²) < 4.78 is 37.3. The van der Waals surface area contributed by atoms with Crippen LogP contribution in [0.3, 0.4) is 0 Å². The lowest BCUT2D eigenvalue weighted by molar-refractivity contribution is -0.150. The molecule has 0 radical (unpaired) electrons. The van der Waals surface area contributed by atoms with Gasteiger partial charge in [0, 0.05) is 32.2 Å². The summed E-state index contributed by atoms with van der Waals surface area (Å²) >= 11 is 0. The first-order valence-electron chi connectivity index (χ1n) is 8.16. The summed E-state index contributed by atoms with van der Waals surface area (Å²) in [4.78, 5) is 3.92. The maximum atomic E-state index is 12.4. The molecule has 1 saturated heterocycles. The molecule has 6 heteroatoms. The summed E-state index contributed by atoms with van der Waals surface area (Å²) in [5, 5.41) is 0. The van der Waals surface area contributed by atoms with E-state index in [4.69, 9.17) is 5.73 Å². The highest BCUT2D eigenvalue weighted by Crippen LogP contribution is 2.34. The van der Waals surface area contributed by atoms with E-state index < -0.39 is 12.7 Å². The van der Waals surface area contributed by atoms with Gasteiger partial charge in [0.15, 0.2) is 0 Å². The summed E-state index contributed by atoms with van der Waals surface area (Å²) in [5.74, 6) is 1.27. The molecule has 1 aliphatic heterocycles. The van der Waals surface area contributed by atoms with Crippen LogP contribution in [0.2, 0.25) is 0 Å². The van der Waals surface area contributed by atoms with Gasteiger partial charge in [-0.1, -0.05) is 19.8 Å². The quantitative estimate of drug-likeness (QED) is 0.865. The van der Waals surface area contributed by atoms with Crippen molar-refractivity contribution >= 4 is 0 Å². The minimum absolute atomic E-state index is 0.474. The fourth-order valence-electron chi connectivity index (χ4n) is 3.89. The highest BCUT2D eigenvalue weighted by atomic mass is 19.4. The van der Waals surface area contributed by atoms with Crippen molar-refractivity contribution < 1.29 is 13.2 Å². The van der Waals surface area contributed by atoms with Crippen molar-refractivity contribution in [1.82, 2.24) is 9.80 Å². The lowest BCUT2D eigenvalue weighted by Crippen LogP contribution is -2.55. The van der Waals surface area contributed by atoms with Gasteiger partial charge in [-0.25, -0.2) is 0 Å². The SMILES string of the molecule is CCC1CCC(CN)C(N2CCN(CC(F)(F)F)CC2)C1. The van der Waals surface area contributed by atoms with Crippen LogP contribution in [0.5, 0.6) is 0 Å². The Morgan fingerprint density at radius 2 is 1.76 bits per heavy atom. The second-order valence-corrected chi connectivity index (χ2v) is 6.58. The molecule has 21 heavy (non-hydrogen) atoms. The van der Waals surface area contributed by atoms with Crippen LogP contribution in [0.25, 0.3) is 0 Å². The van der Waals surface area contributed by atoms with E-state index in [1.54, 1.807) is 0 Å². The Balaban J connectivity index is 1.87. The van der Waals surface area contributed by atoms with Gasteiger partial charge < -0.3 is 5.73 Å². The number of alkyl halides is 3. The minimum Gasteiger partial charge on any atom is -0.330 e. The molecular weight excluding hydrogens is 279 g/mol. The van der Waals surface area contributed by atoms with E-state index in [-0.39, 0.29) is 0 Å². The first-order chi connectivity index (χ1) is 9.93. The van der Waals surface area contributed by atoms with E-state index in [0.29, 0.717) is 31.6 Å². The Hall–Kier alpha value is -0.330. The largest absolute Gasteiger partial charge is 0.401 e. The van der Waals surface area contributed by atoms with Gasteiger partial charge in [-0.2, -0.15) is 13.2 Å². The Morgan fingerprint density at radius 3 is 2.29 bits per heavy atom. The molecule has 0 aromatic heterocycles. The fraction of sp³-hybridized carbons (Fsp3) is 1.00. The van der Waals surface area contributed by atoms with Gasteiger partial charge in [0.1, 0.15) is 0 Å². The third-order valence-corrected chi connectivity index (χ3v) is 5.22. The molecule has 3 nitrogen and oxygen atoms in total. The second-order valence-electron chi connectivity index (χ2n) is 6.58. The smallest absolute Gasteiger partial charge is 0.330 e. The topological polar surface area (TPSA) is 32.5 Å². The number of hydrogen-bond donors (Lipinski definition) is 1. The Bertz CT molecular complexity index is 314. The van der Waals surface area contributed by atoms with Crippen LogP contribution in [-0.2, 0) is 0 Å². The van der Waals surface area contributed by atoms with Crippen molar-refractivity contribution in [2.75, 3.05) is 39.3 Å². The standard InChI is InChI=1S/C15H28F3N3/c1-2-12-3-4-13(10-19)14(9-12)21-7-5-20(6-8-21)11-15(16,17)18/h12-14H,2-11,19H2,1H3. The average Bonchev–Trinajstić information content (AvgIpc) is 2.45. The molecule has 1 aliphatic carbocycles. The van der Waals surface area contributed by atoms with Gasteiger partial charge >= 0.3 is 6.18 Å². The summed E-state index contributed by atoms with van der Waals surface area (Å²) in [6.07, 6.45) is 0.699. The Morgan fingerprint density at radius 1 is 1.10 bits per heavy atom. The molecule has 0 amide bonds. The van der Waals surface area contributed by atoms with Crippen molar-refractivity contribution in [2.45, 2.75) is 44.8 Å². The van der Waals surface area contributed by atoms with Crippen molar-refractivity contribution in [3.63, 3.8) is 0 Å². The molecule has 1 saturated carbocycles. The molecule has 124 valence electrons. The van der Waals surface area contributed by atoms with E-state index in [9.17, 15) is 13.2 Å².